The minimum atomic E-state index is -4.32. The molecule has 1 atom stereocenters. The summed E-state index contributed by atoms with van der Waals surface area (Å²) in [4.78, 5) is 11.2. The molecule has 27 heavy (non-hydrogen) atoms. The van der Waals surface area contributed by atoms with Crippen molar-refractivity contribution in [3.63, 3.8) is 0 Å². The Labute approximate surface area is 158 Å². The summed E-state index contributed by atoms with van der Waals surface area (Å²) in [5.74, 6) is -0.0313. The van der Waals surface area contributed by atoms with Crippen LogP contribution in [0.15, 0.2) is 48.5 Å². The van der Waals surface area contributed by atoms with Gasteiger partial charge in [0.15, 0.2) is 0 Å². The second-order valence-corrected chi connectivity index (χ2v) is 6.59. The van der Waals surface area contributed by atoms with Gasteiger partial charge in [-0.15, -0.1) is 0 Å². The van der Waals surface area contributed by atoms with Crippen molar-refractivity contribution in [3.8, 4) is 11.1 Å². The van der Waals surface area contributed by atoms with Crippen LogP contribution in [0.25, 0.3) is 11.1 Å². The molecule has 3 nitrogen and oxygen atoms in total. The molecule has 0 aliphatic carbocycles. The Hall–Kier alpha value is -2.34. The van der Waals surface area contributed by atoms with E-state index in [9.17, 15) is 18.0 Å². The third-order valence-corrected chi connectivity index (χ3v) is 4.26. The second kappa shape index (κ2) is 9.55. The predicted octanol–water partition coefficient (Wildman–Crippen LogP) is 4.77. The maximum atomic E-state index is 12.6. The fourth-order valence-corrected chi connectivity index (χ4v) is 2.92. The molecule has 1 unspecified atom stereocenters. The van der Waals surface area contributed by atoms with Crippen molar-refractivity contribution in [1.29, 1.82) is 0 Å². The quantitative estimate of drug-likeness (QED) is 0.695. The molecule has 146 valence electrons. The molecule has 0 aliphatic heterocycles. The molecule has 0 bridgehead atoms. The summed E-state index contributed by atoms with van der Waals surface area (Å²) in [7, 11) is 0. The molecule has 2 N–H and O–H groups in total. The van der Waals surface area contributed by atoms with E-state index in [1.165, 1.54) is 19.1 Å². The first-order chi connectivity index (χ1) is 12.8. The lowest BCUT2D eigenvalue weighted by Gasteiger charge is -2.18. The van der Waals surface area contributed by atoms with Crippen LogP contribution in [0.3, 0.4) is 0 Å². The zero-order valence-corrected chi connectivity index (χ0v) is 15.6. The summed E-state index contributed by atoms with van der Waals surface area (Å²) >= 11 is 0. The van der Waals surface area contributed by atoms with Gasteiger partial charge in [0.25, 0.3) is 0 Å². The Morgan fingerprint density at radius 3 is 2.04 bits per heavy atom. The highest BCUT2D eigenvalue weighted by Crippen LogP contribution is 2.31. The van der Waals surface area contributed by atoms with Gasteiger partial charge in [0.05, 0.1) is 5.56 Å². The lowest BCUT2D eigenvalue weighted by molar-refractivity contribution is -0.137. The van der Waals surface area contributed by atoms with Crippen molar-refractivity contribution >= 4 is 5.91 Å². The van der Waals surface area contributed by atoms with Crippen LogP contribution in [0.4, 0.5) is 13.2 Å². The molecule has 2 rings (SSSR count). The highest BCUT2D eigenvalue weighted by molar-refractivity contribution is 5.73. The van der Waals surface area contributed by atoms with Gasteiger partial charge >= 0.3 is 6.18 Å². The third-order valence-electron chi connectivity index (χ3n) is 4.26. The smallest absolute Gasteiger partial charge is 0.352 e. The molecule has 0 saturated heterocycles. The lowest BCUT2D eigenvalue weighted by Crippen LogP contribution is -2.40. The van der Waals surface area contributed by atoms with E-state index in [-0.39, 0.29) is 11.9 Å². The number of nitrogens with one attached hydrogen (secondary N) is 2. The molecule has 0 fully saturated rings. The highest BCUT2D eigenvalue weighted by atomic mass is 19.4. The van der Waals surface area contributed by atoms with Crippen molar-refractivity contribution in [2.45, 2.75) is 45.5 Å². The maximum absolute atomic E-state index is 12.6. The van der Waals surface area contributed by atoms with Gasteiger partial charge in [-0.25, -0.2) is 0 Å². The average molecular weight is 378 g/mol. The number of carbonyl (C=O) groups excluding carboxylic acids is 1. The van der Waals surface area contributed by atoms with E-state index >= 15 is 0 Å². The number of carbonyl (C=O) groups is 1. The lowest BCUT2D eigenvalue weighted by atomic mass is 10.0. The van der Waals surface area contributed by atoms with Gasteiger partial charge < -0.3 is 10.6 Å². The van der Waals surface area contributed by atoms with Gasteiger partial charge in [-0.2, -0.15) is 13.2 Å². The van der Waals surface area contributed by atoms with E-state index in [4.69, 9.17) is 0 Å². The minimum absolute atomic E-state index is 0.0313. The molecule has 6 heteroatoms. The standard InChI is InChI=1S/C21H25F3N2O/c1-3-4-20(26-15(2)27)14-25-13-16-5-7-17(8-6-16)18-9-11-19(12-10-18)21(22,23)24/h5-12,20,25H,3-4,13-14H2,1-2H3,(H,26,27). The highest BCUT2D eigenvalue weighted by Gasteiger charge is 2.29. The number of benzene rings is 2. The fourth-order valence-electron chi connectivity index (χ4n) is 2.92. The van der Waals surface area contributed by atoms with Crippen molar-refractivity contribution in [3.05, 3.63) is 59.7 Å². The molecule has 1 amide bonds. The van der Waals surface area contributed by atoms with E-state index < -0.39 is 11.7 Å². The maximum Gasteiger partial charge on any atom is 0.416 e. The van der Waals surface area contributed by atoms with E-state index in [2.05, 4.69) is 17.6 Å². The van der Waals surface area contributed by atoms with Crippen LogP contribution in [0, 0.1) is 0 Å². The molecule has 0 radical (unpaired) electrons. The number of hydrogen-bond donors (Lipinski definition) is 2. The largest absolute Gasteiger partial charge is 0.416 e. The Balaban J connectivity index is 1.92. The summed E-state index contributed by atoms with van der Waals surface area (Å²) in [6, 6.07) is 13.0. The minimum Gasteiger partial charge on any atom is -0.352 e. The fraction of sp³-hybridized carbons (Fsp3) is 0.381. The number of amides is 1. The summed E-state index contributed by atoms with van der Waals surface area (Å²) in [6.07, 6.45) is -2.41. The van der Waals surface area contributed by atoms with Crippen molar-refractivity contribution in [2.75, 3.05) is 6.54 Å². The zero-order chi connectivity index (χ0) is 19.9. The first kappa shape index (κ1) is 21.0. The molecule has 0 heterocycles. The van der Waals surface area contributed by atoms with Crippen LogP contribution < -0.4 is 10.6 Å². The van der Waals surface area contributed by atoms with E-state index in [1.807, 2.05) is 24.3 Å². The number of rotatable bonds is 8. The van der Waals surface area contributed by atoms with E-state index in [1.54, 1.807) is 0 Å². The SMILES string of the molecule is CCCC(CNCc1ccc(-c2ccc(C(F)(F)F)cc2)cc1)NC(C)=O. The summed E-state index contributed by atoms with van der Waals surface area (Å²) < 4.78 is 37.9. The van der Waals surface area contributed by atoms with Gasteiger partial charge in [-0.3, -0.25) is 4.79 Å². The molecule has 0 aliphatic rings. The predicted molar refractivity (Wildman–Crippen MR) is 101 cm³/mol. The van der Waals surface area contributed by atoms with Crippen molar-refractivity contribution in [2.24, 2.45) is 0 Å². The first-order valence-electron chi connectivity index (χ1n) is 9.04. The molecule has 2 aromatic carbocycles. The van der Waals surface area contributed by atoms with Crippen molar-refractivity contribution < 1.29 is 18.0 Å². The molecule has 2 aromatic rings. The van der Waals surface area contributed by atoms with Crippen LogP contribution in [0.1, 0.15) is 37.8 Å². The second-order valence-electron chi connectivity index (χ2n) is 6.59. The Bertz CT molecular complexity index is 725. The molecular formula is C21H25F3N2O. The summed E-state index contributed by atoms with van der Waals surface area (Å²) in [6.45, 7) is 4.94. The van der Waals surface area contributed by atoms with Crippen LogP contribution in [-0.2, 0) is 17.5 Å². The van der Waals surface area contributed by atoms with Gasteiger partial charge in [0.2, 0.25) is 5.91 Å². The number of alkyl halides is 3. The molecule has 0 aromatic heterocycles. The van der Waals surface area contributed by atoms with Gasteiger partial charge in [0, 0.05) is 26.1 Å². The number of hydrogen-bond acceptors (Lipinski definition) is 2. The third kappa shape index (κ3) is 6.71. The van der Waals surface area contributed by atoms with E-state index in [0.29, 0.717) is 13.1 Å². The normalized spacial score (nSPS) is 12.6. The van der Waals surface area contributed by atoms with Crippen LogP contribution in [0.5, 0.6) is 0 Å². The Kier molecular flexibility index (Phi) is 7.42. The van der Waals surface area contributed by atoms with E-state index in [0.717, 1.165) is 41.7 Å². The molecule has 0 saturated carbocycles. The molecule has 0 spiro atoms. The van der Waals surface area contributed by atoms with Crippen LogP contribution >= 0.6 is 0 Å². The zero-order valence-electron chi connectivity index (χ0n) is 15.6. The summed E-state index contributed by atoms with van der Waals surface area (Å²) in [5, 5.41) is 6.27. The Morgan fingerprint density at radius 1 is 1.00 bits per heavy atom. The summed E-state index contributed by atoms with van der Waals surface area (Å²) in [5.41, 5.74) is 2.04. The van der Waals surface area contributed by atoms with Crippen LogP contribution in [-0.4, -0.2) is 18.5 Å². The van der Waals surface area contributed by atoms with Gasteiger partial charge in [-0.05, 0) is 35.2 Å². The topological polar surface area (TPSA) is 41.1 Å². The van der Waals surface area contributed by atoms with Gasteiger partial charge in [-0.1, -0.05) is 49.7 Å². The Morgan fingerprint density at radius 2 is 1.56 bits per heavy atom. The monoisotopic (exact) mass is 378 g/mol. The van der Waals surface area contributed by atoms with Crippen molar-refractivity contribution in [1.82, 2.24) is 10.6 Å². The van der Waals surface area contributed by atoms with Gasteiger partial charge in [0.1, 0.15) is 0 Å². The number of halogens is 3. The average Bonchev–Trinajstić information content (AvgIpc) is 2.61. The molecular weight excluding hydrogens is 353 g/mol. The van der Waals surface area contributed by atoms with Crippen LogP contribution in [0.2, 0.25) is 0 Å². The first-order valence-corrected chi connectivity index (χ1v) is 9.04.